The summed E-state index contributed by atoms with van der Waals surface area (Å²) in [6.07, 6.45) is 0. The van der Waals surface area contributed by atoms with Crippen molar-refractivity contribution in [2.45, 2.75) is 9.72 Å². The minimum Gasteiger partial charge on any atom is -0.468 e. The smallest absolute Gasteiger partial charge is 0.320 e. The summed E-state index contributed by atoms with van der Waals surface area (Å²) >= 11 is 4.81. The van der Waals surface area contributed by atoms with Crippen LogP contribution in [0.3, 0.4) is 0 Å². The van der Waals surface area contributed by atoms with E-state index in [1.165, 1.54) is 7.11 Å². The highest BCUT2D eigenvalue weighted by Crippen LogP contribution is 2.23. The first kappa shape index (κ1) is 12.4. The van der Waals surface area contributed by atoms with E-state index in [9.17, 15) is 4.79 Å². The fraction of sp³-hybridized carbons (Fsp3) is 0.300. The van der Waals surface area contributed by atoms with Crippen LogP contribution < -0.4 is 5.73 Å². The molecule has 0 heterocycles. The standard InChI is InChI=1S/C10H12BrNO2S/c1-14-10(13)9(11)6-15-8-4-2-3-7(12)5-8/h2-5,9H,6,12H2,1H3. The summed E-state index contributed by atoms with van der Waals surface area (Å²) < 4.78 is 4.60. The maximum atomic E-state index is 11.1. The van der Waals surface area contributed by atoms with Crippen LogP contribution in [0, 0.1) is 0 Å². The van der Waals surface area contributed by atoms with Gasteiger partial charge in [0.05, 0.1) is 7.11 Å². The van der Waals surface area contributed by atoms with Gasteiger partial charge in [-0.15, -0.1) is 11.8 Å². The van der Waals surface area contributed by atoms with Crippen molar-refractivity contribution in [3.63, 3.8) is 0 Å². The number of benzene rings is 1. The highest BCUT2D eigenvalue weighted by molar-refractivity contribution is 9.10. The quantitative estimate of drug-likeness (QED) is 0.400. The molecule has 0 aliphatic carbocycles. The summed E-state index contributed by atoms with van der Waals surface area (Å²) in [6.45, 7) is 0. The van der Waals surface area contributed by atoms with Crippen molar-refractivity contribution >= 4 is 39.3 Å². The average molecular weight is 290 g/mol. The number of anilines is 1. The first-order valence-electron chi connectivity index (χ1n) is 4.33. The molecule has 1 rings (SSSR count). The van der Waals surface area contributed by atoms with Gasteiger partial charge in [-0.2, -0.15) is 0 Å². The molecule has 0 aliphatic heterocycles. The van der Waals surface area contributed by atoms with Gasteiger partial charge in [-0.25, -0.2) is 0 Å². The fourth-order valence-electron chi connectivity index (χ4n) is 0.970. The van der Waals surface area contributed by atoms with Gasteiger partial charge >= 0.3 is 5.97 Å². The Kier molecular flexibility index (Phi) is 4.98. The topological polar surface area (TPSA) is 52.3 Å². The van der Waals surface area contributed by atoms with E-state index >= 15 is 0 Å². The summed E-state index contributed by atoms with van der Waals surface area (Å²) in [5.74, 6) is 0.363. The van der Waals surface area contributed by atoms with Crippen LogP contribution in [0.5, 0.6) is 0 Å². The van der Waals surface area contributed by atoms with Crippen LogP contribution in [0.15, 0.2) is 29.2 Å². The minimum atomic E-state index is -0.283. The van der Waals surface area contributed by atoms with Crippen molar-refractivity contribution in [3.8, 4) is 0 Å². The predicted molar refractivity (Wildman–Crippen MR) is 66.3 cm³/mol. The van der Waals surface area contributed by atoms with Gasteiger partial charge in [0.1, 0.15) is 4.83 Å². The third-order valence-electron chi connectivity index (χ3n) is 1.71. The molecular formula is C10H12BrNO2S. The maximum Gasteiger partial charge on any atom is 0.320 e. The summed E-state index contributed by atoms with van der Waals surface area (Å²) in [5.41, 5.74) is 6.36. The number of nitrogen functional groups attached to an aromatic ring is 1. The van der Waals surface area contributed by atoms with E-state index in [0.29, 0.717) is 5.75 Å². The number of alkyl halides is 1. The molecule has 1 atom stereocenters. The maximum absolute atomic E-state index is 11.1. The van der Waals surface area contributed by atoms with Gasteiger partial charge in [-0.1, -0.05) is 22.0 Å². The second kappa shape index (κ2) is 6.02. The Hall–Kier alpha value is -0.680. The molecule has 0 saturated heterocycles. The van der Waals surface area contributed by atoms with Crippen LogP contribution in [0.25, 0.3) is 0 Å². The Balaban J connectivity index is 2.47. The molecule has 0 radical (unpaired) electrons. The summed E-state index contributed by atoms with van der Waals surface area (Å²) in [6, 6.07) is 7.55. The molecule has 5 heteroatoms. The van der Waals surface area contributed by atoms with E-state index in [1.807, 2.05) is 24.3 Å². The number of ether oxygens (including phenoxy) is 1. The predicted octanol–water partition coefficient (Wildman–Crippen LogP) is 2.30. The van der Waals surface area contributed by atoms with Crippen molar-refractivity contribution in [2.75, 3.05) is 18.6 Å². The Morgan fingerprint density at radius 3 is 3.00 bits per heavy atom. The Bertz CT molecular complexity index is 346. The van der Waals surface area contributed by atoms with Crippen LogP contribution in [0.2, 0.25) is 0 Å². The van der Waals surface area contributed by atoms with Gasteiger partial charge < -0.3 is 10.5 Å². The second-order valence-corrected chi connectivity index (χ2v) is 5.07. The van der Waals surface area contributed by atoms with Crippen molar-refractivity contribution in [1.82, 2.24) is 0 Å². The van der Waals surface area contributed by atoms with Crippen LogP contribution in [-0.4, -0.2) is 23.7 Å². The summed E-state index contributed by atoms with van der Waals surface area (Å²) in [4.78, 5) is 11.9. The monoisotopic (exact) mass is 289 g/mol. The Morgan fingerprint density at radius 1 is 1.67 bits per heavy atom. The molecule has 0 aromatic heterocycles. The van der Waals surface area contributed by atoms with E-state index in [1.54, 1.807) is 11.8 Å². The number of esters is 1. The molecular weight excluding hydrogens is 278 g/mol. The molecule has 15 heavy (non-hydrogen) atoms. The number of halogens is 1. The third-order valence-corrected chi connectivity index (χ3v) is 3.92. The fourth-order valence-corrected chi connectivity index (χ4v) is 2.42. The zero-order valence-corrected chi connectivity index (χ0v) is 10.7. The lowest BCUT2D eigenvalue weighted by molar-refractivity contribution is -0.139. The van der Waals surface area contributed by atoms with Gasteiger partial charge in [-0.05, 0) is 18.2 Å². The first-order chi connectivity index (χ1) is 7.13. The lowest BCUT2D eigenvalue weighted by Gasteiger charge is -2.07. The van der Waals surface area contributed by atoms with E-state index in [4.69, 9.17) is 5.73 Å². The lowest BCUT2D eigenvalue weighted by Crippen LogP contribution is -2.17. The van der Waals surface area contributed by atoms with Crippen LogP contribution in [-0.2, 0) is 9.53 Å². The number of hydrogen-bond donors (Lipinski definition) is 1. The number of carbonyl (C=O) groups is 1. The van der Waals surface area contributed by atoms with Gasteiger partial charge in [0.25, 0.3) is 0 Å². The van der Waals surface area contributed by atoms with Crippen molar-refractivity contribution in [3.05, 3.63) is 24.3 Å². The molecule has 1 aromatic carbocycles. The largest absolute Gasteiger partial charge is 0.468 e. The number of hydrogen-bond acceptors (Lipinski definition) is 4. The van der Waals surface area contributed by atoms with Gasteiger partial charge in [0.15, 0.2) is 0 Å². The zero-order valence-electron chi connectivity index (χ0n) is 8.27. The first-order valence-corrected chi connectivity index (χ1v) is 6.24. The highest BCUT2D eigenvalue weighted by atomic mass is 79.9. The van der Waals surface area contributed by atoms with Gasteiger partial charge in [0.2, 0.25) is 0 Å². The van der Waals surface area contributed by atoms with Gasteiger partial charge in [-0.3, -0.25) is 4.79 Å². The number of rotatable bonds is 4. The molecule has 0 saturated carbocycles. The zero-order chi connectivity index (χ0) is 11.3. The molecule has 0 amide bonds. The molecule has 1 unspecified atom stereocenters. The molecule has 0 spiro atoms. The SMILES string of the molecule is COC(=O)C(Br)CSc1cccc(N)c1. The summed E-state index contributed by atoms with van der Waals surface area (Å²) in [5, 5.41) is 0. The van der Waals surface area contributed by atoms with E-state index in [-0.39, 0.29) is 10.8 Å². The average Bonchev–Trinajstić information content (AvgIpc) is 2.25. The van der Waals surface area contributed by atoms with E-state index in [2.05, 4.69) is 20.7 Å². The van der Waals surface area contributed by atoms with Gasteiger partial charge in [0, 0.05) is 16.3 Å². The number of methoxy groups -OCH3 is 1. The Labute approximate surface area is 101 Å². The van der Waals surface area contributed by atoms with Crippen LogP contribution in [0.1, 0.15) is 0 Å². The highest BCUT2D eigenvalue weighted by Gasteiger charge is 2.14. The van der Waals surface area contributed by atoms with E-state index < -0.39 is 0 Å². The lowest BCUT2D eigenvalue weighted by atomic mass is 10.3. The molecule has 82 valence electrons. The van der Waals surface area contributed by atoms with E-state index in [0.717, 1.165) is 10.6 Å². The van der Waals surface area contributed by atoms with Crippen molar-refractivity contribution in [2.24, 2.45) is 0 Å². The number of thioether (sulfide) groups is 1. The molecule has 0 aliphatic rings. The number of carbonyl (C=O) groups excluding carboxylic acids is 1. The number of nitrogens with two attached hydrogens (primary N) is 1. The molecule has 0 fully saturated rings. The normalized spacial score (nSPS) is 12.1. The van der Waals surface area contributed by atoms with Crippen molar-refractivity contribution in [1.29, 1.82) is 0 Å². The third kappa shape index (κ3) is 4.13. The molecule has 3 nitrogen and oxygen atoms in total. The minimum absolute atomic E-state index is 0.258. The van der Waals surface area contributed by atoms with Crippen molar-refractivity contribution < 1.29 is 9.53 Å². The van der Waals surface area contributed by atoms with Crippen LogP contribution in [0.4, 0.5) is 5.69 Å². The van der Waals surface area contributed by atoms with Crippen LogP contribution >= 0.6 is 27.7 Å². The second-order valence-electron chi connectivity index (χ2n) is 2.87. The summed E-state index contributed by atoms with van der Waals surface area (Å²) in [7, 11) is 1.38. The Morgan fingerprint density at radius 2 is 2.40 bits per heavy atom. The molecule has 0 bridgehead atoms. The molecule has 1 aromatic rings. The molecule has 2 N–H and O–H groups in total.